The first-order valence-electron chi connectivity index (χ1n) is 17.9. The van der Waals surface area contributed by atoms with Crippen LogP contribution in [0.4, 0.5) is 5.69 Å². The zero-order valence-electron chi connectivity index (χ0n) is 29.7. The molecular weight excluding hydrogens is 752 g/mol. The number of halogens is 1. The number of amides is 1. The fourth-order valence-corrected chi connectivity index (χ4v) is 11.5. The summed E-state index contributed by atoms with van der Waals surface area (Å²) >= 11 is 3.65. The van der Waals surface area contributed by atoms with Crippen molar-refractivity contribution in [2.45, 2.75) is 62.7 Å². The predicted molar refractivity (Wildman–Crippen MR) is 208 cm³/mol. The van der Waals surface area contributed by atoms with Crippen molar-refractivity contribution < 1.29 is 19.4 Å². The number of nitrogens with zero attached hydrogens (tertiary/aromatic N) is 5. The van der Waals surface area contributed by atoms with Crippen LogP contribution in [0.1, 0.15) is 41.6 Å². The Morgan fingerprint density at radius 1 is 1.00 bits per heavy atom. The Balaban J connectivity index is 1.07. The molecule has 11 nitrogen and oxygen atoms in total. The van der Waals surface area contributed by atoms with Crippen molar-refractivity contribution in [3.8, 4) is 5.69 Å². The lowest BCUT2D eigenvalue weighted by Gasteiger charge is -2.32. The summed E-state index contributed by atoms with van der Waals surface area (Å²) in [5.41, 5.74) is 3.88. The molecule has 8 rings (SSSR count). The fraction of sp³-hybridized carbons (Fsp3) is 0.300. The summed E-state index contributed by atoms with van der Waals surface area (Å²) in [6.07, 6.45) is 1.95. The van der Waals surface area contributed by atoms with Crippen LogP contribution in [0.15, 0.2) is 113 Å². The Kier molecular flexibility index (Phi) is 9.10. The molecule has 4 aromatic carbocycles. The van der Waals surface area contributed by atoms with Crippen LogP contribution >= 0.6 is 15.9 Å². The van der Waals surface area contributed by atoms with Gasteiger partial charge < -0.3 is 19.5 Å². The van der Waals surface area contributed by atoms with Crippen molar-refractivity contribution >= 4 is 46.7 Å². The number of carbonyl (C=O) groups excluding carboxylic acids is 1. The number of hydrogen-bond donors (Lipinski definition) is 3. The molecule has 1 fully saturated rings. The van der Waals surface area contributed by atoms with Gasteiger partial charge in [-0.1, -0.05) is 82.7 Å². The number of fused-ring (bicyclic) bond motifs is 3. The highest BCUT2D eigenvalue weighted by molar-refractivity contribution is 9.10. The van der Waals surface area contributed by atoms with Gasteiger partial charge in [-0.25, -0.2) is 4.68 Å². The first-order chi connectivity index (χ1) is 25.5. The lowest BCUT2D eigenvalue weighted by atomic mass is 9.82. The molecule has 4 heterocycles. The van der Waals surface area contributed by atoms with E-state index in [-0.39, 0.29) is 35.5 Å². The highest BCUT2D eigenvalue weighted by Crippen LogP contribution is 2.60. The lowest BCUT2D eigenvalue weighted by Crippen LogP contribution is -2.46. The summed E-state index contributed by atoms with van der Waals surface area (Å²) < 4.78 is 11.1. The van der Waals surface area contributed by atoms with Gasteiger partial charge in [0.15, 0.2) is 13.9 Å². The number of aromatic nitrogens is 5. The van der Waals surface area contributed by atoms with Crippen LogP contribution in [-0.4, -0.2) is 61.6 Å². The van der Waals surface area contributed by atoms with Crippen molar-refractivity contribution in [2.24, 2.45) is 5.92 Å². The van der Waals surface area contributed by atoms with E-state index >= 15 is 0 Å². The number of benzene rings is 4. The number of aliphatic hydroxyl groups is 1. The molecule has 272 valence electrons. The summed E-state index contributed by atoms with van der Waals surface area (Å²) in [6.45, 7) is 6.54. The Labute approximate surface area is 316 Å². The lowest BCUT2D eigenvalue weighted by molar-refractivity contribution is -0.146. The second-order valence-corrected chi connectivity index (χ2v) is 19.6. The number of rotatable bonds is 10. The second-order valence-electron chi connectivity index (χ2n) is 14.7. The van der Waals surface area contributed by atoms with Gasteiger partial charge >= 0.3 is 0 Å². The molecule has 0 aliphatic carbocycles. The number of aromatic amines is 1. The molecule has 13 heteroatoms. The number of nitrogens with one attached hydrogen (secondary N) is 1. The summed E-state index contributed by atoms with van der Waals surface area (Å²) in [5, 5.41) is 22.7. The number of carbonyl (C=O) groups is 1. The Morgan fingerprint density at radius 3 is 2.45 bits per heavy atom. The predicted octanol–water partition coefficient (Wildman–Crippen LogP) is 6.23. The van der Waals surface area contributed by atoms with Crippen molar-refractivity contribution in [3.63, 3.8) is 0 Å². The second kappa shape index (κ2) is 13.6. The van der Waals surface area contributed by atoms with E-state index in [9.17, 15) is 19.5 Å². The monoisotopic (exact) mass is 792 g/mol. The van der Waals surface area contributed by atoms with Crippen molar-refractivity contribution in [3.05, 3.63) is 140 Å². The minimum Gasteiger partial charge on any atom is -0.432 e. The van der Waals surface area contributed by atoms with Crippen LogP contribution in [0.2, 0.25) is 18.6 Å². The maximum absolute atomic E-state index is 14.9. The Hall–Kier alpha value is -4.66. The zero-order valence-corrected chi connectivity index (χ0v) is 32.3. The maximum Gasteiger partial charge on any atom is 0.279 e. The van der Waals surface area contributed by atoms with Crippen molar-refractivity contribution in [1.29, 1.82) is 0 Å². The van der Waals surface area contributed by atoms with Crippen molar-refractivity contribution in [2.75, 3.05) is 11.5 Å². The third kappa shape index (κ3) is 6.10. The smallest absolute Gasteiger partial charge is 0.279 e. The number of aryl methyl sites for hydroxylation is 1. The third-order valence-electron chi connectivity index (χ3n) is 11.0. The Bertz CT molecular complexity index is 2350. The molecular formula is C40H41BrN6O5Si. The van der Waals surface area contributed by atoms with Gasteiger partial charge in [0, 0.05) is 34.2 Å². The largest absolute Gasteiger partial charge is 0.432 e. The molecule has 1 unspecified atom stereocenters. The molecule has 0 radical (unpaired) electrons. The van der Waals surface area contributed by atoms with Crippen molar-refractivity contribution in [1.82, 2.24) is 24.8 Å². The third-order valence-corrected chi connectivity index (χ3v) is 14.0. The van der Waals surface area contributed by atoms with Gasteiger partial charge in [0.25, 0.3) is 11.5 Å². The van der Waals surface area contributed by atoms with Gasteiger partial charge in [0.2, 0.25) is 0 Å². The molecule has 5 atom stereocenters. The molecule has 1 spiro atoms. The molecule has 1 saturated heterocycles. The van der Waals surface area contributed by atoms with Crippen LogP contribution in [0.25, 0.3) is 16.6 Å². The zero-order chi connectivity index (χ0) is 37.1. The van der Waals surface area contributed by atoms with Gasteiger partial charge in [-0.3, -0.25) is 19.4 Å². The highest BCUT2D eigenvalue weighted by Gasteiger charge is 2.66. The minimum absolute atomic E-state index is 0.0945. The highest BCUT2D eigenvalue weighted by atomic mass is 79.9. The number of hydrogen-bond acceptors (Lipinski definition) is 7. The van der Waals surface area contributed by atoms with E-state index in [1.165, 1.54) is 4.68 Å². The number of H-pyrrole nitrogens is 1. The standard InChI is InChI=1S/C40H41BrN6O5Si/c1-25-37(53(2,3)51)36(19-20-45-23-34(42-44-45)31(24-48)27-9-5-4-6-10-27)52-40(25)32-21-28(41)15-18-35(32)46(39(40)50)22-26-13-16-29(17-14-26)47-38(49)30-11-7-8-12-33(30)43-47/h4-18,21,23,25,31,36-37,43,48,51H,19-20,22,24H2,1-3H3/t25-,31?,36+,37-,40+/m0/s1. The number of ether oxygens (including phenoxy) is 1. The average molecular weight is 794 g/mol. The van der Waals surface area contributed by atoms with Gasteiger partial charge in [-0.15, -0.1) is 5.10 Å². The van der Waals surface area contributed by atoms with Gasteiger partial charge in [-0.2, -0.15) is 0 Å². The minimum atomic E-state index is -2.88. The van der Waals surface area contributed by atoms with Crippen LogP contribution in [-0.2, 0) is 28.2 Å². The maximum atomic E-state index is 14.9. The van der Waals surface area contributed by atoms with E-state index in [1.807, 2.05) is 117 Å². The molecule has 2 aromatic heterocycles. The first-order valence-corrected chi connectivity index (χ1v) is 21.7. The molecule has 0 saturated carbocycles. The molecule has 2 aliphatic rings. The van der Waals surface area contributed by atoms with Gasteiger partial charge in [-0.05, 0) is 73.1 Å². The number of para-hydroxylation sites is 1. The van der Waals surface area contributed by atoms with E-state index in [4.69, 9.17) is 4.74 Å². The van der Waals surface area contributed by atoms with E-state index in [1.54, 1.807) is 15.6 Å². The fourth-order valence-electron chi connectivity index (χ4n) is 8.55. The number of aliphatic hydroxyl groups excluding tert-OH is 1. The van der Waals surface area contributed by atoms with Crippen LogP contribution in [0, 0.1) is 5.92 Å². The first kappa shape index (κ1) is 35.4. The molecule has 3 N–H and O–H groups in total. The molecule has 0 bridgehead atoms. The molecule has 6 aromatic rings. The summed E-state index contributed by atoms with van der Waals surface area (Å²) in [4.78, 5) is 41.5. The topological polar surface area (TPSA) is 138 Å². The molecule has 2 aliphatic heterocycles. The summed E-state index contributed by atoms with van der Waals surface area (Å²) in [5.74, 6) is -0.766. The van der Waals surface area contributed by atoms with E-state index in [2.05, 4.69) is 31.3 Å². The Morgan fingerprint density at radius 2 is 1.74 bits per heavy atom. The van der Waals surface area contributed by atoms with E-state index in [0.717, 1.165) is 32.4 Å². The number of anilines is 1. The van der Waals surface area contributed by atoms with E-state index in [0.29, 0.717) is 36.3 Å². The van der Waals surface area contributed by atoms with Crippen LogP contribution in [0.3, 0.4) is 0 Å². The van der Waals surface area contributed by atoms with Gasteiger partial charge in [0.1, 0.15) is 0 Å². The van der Waals surface area contributed by atoms with Gasteiger partial charge in [0.05, 0.1) is 53.1 Å². The van der Waals surface area contributed by atoms with Crippen LogP contribution < -0.4 is 10.5 Å². The normalized spacial score (nSPS) is 21.9. The summed E-state index contributed by atoms with van der Waals surface area (Å²) in [6, 6.07) is 30.6. The molecule has 53 heavy (non-hydrogen) atoms. The van der Waals surface area contributed by atoms with E-state index < -0.39 is 20.0 Å². The summed E-state index contributed by atoms with van der Waals surface area (Å²) in [7, 11) is -2.88. The quantitative estimate of drug-likeness (QED) is 0.140. The van der Waals surface area contributed by atoms with Crippen LogP contribution in [0.5, 0.6) is 0 Å². The molecule has 1 amide bonds. The SMILES string of the molecule is C[C@H]1[C@H]([Si](C)(C)O)[C@@H](CCn2cc(C(CO)c3ccccc3)nn2)O[C@]12C(=O)N(Cc1ccc(-n3[nH]c4ccccc4c3=O)cc1)c1ccc(Br)cc12. The average Bonchev–Trinajstić information content (AvgIpc) is 3.89.